The lowest BCUT2D eigenvalue weighted by molar-refractivity contribution is -0.171. The summed E-state index contributed by atoms with van der Waals surface area (Å²) in [6.45, 7) is 6.74. The van der Waals surface area contributed by atoms with Gasteiger partial charge in [0.05, 0.1) is 11.3 Å². The molecule has 2 fully saturated rings. The molecular formula is C25H31F3N2O4. The molecule has 0 unspecified atom stereocenters. The number of anilines is 2. The zero-order valence-corrected chi connectivity index (χ0v) is 19.8. The molecule has 0 aromatic heterocycles. The number of alkyl halides is 3. The molecule has 1 aromatic carbocycles. The standard InChI is InChI=1S/C25H31F3N2O4/c1-5-17-8-12-29(13-9-17)19-6-7-20(22(31)34-24(2,3)4)21(16-19)30(23(32)25(26,27)28)18-10-14-33-15-11-18/h1,6-7,16-18H,8-15H2,2-4H3. The van der Waals surface area contributed by atoms with Crippen molar-refractivity contribution < 1.29 is 32.2 Å². The zero-order chi connectivity index (χ0) is 25.1. The Hall–Kier alpha value is -2.73. The molecule has 9 heteroatoms. The smallest absolute Gasteiger partial charge is 0.456 e. The highest BCUT2D eigenvalue weighted by Gasteiger charge is 2.46. The molecule has 0 aliphatic carbocycles. The summed E-state index contributed by atoms with van der Waals surface area (Å²) in [5.41, 5.74) is -0.409. The molecular weight excluding hydrogens is 449 g/mol. The molecule has 1 amide bonds. The summed E-state index contributed by atoms with van der Waals surface area (Å²) in [6, 6.07) is 3.86. The van der Waals surface area contributed by atoms with Crippen LogP contribution in [0.15, 0.2) is 18.2 Å². The highest BCUT2D eigenvalue weighted by atomic mass is 19.4. The van der Waals surface area contributed by atoms with Crippen LogP contribution < -0.4 is 9.80 Å². The lowest BCUT2D eigenvalue weighted by Gasteiger charge is -2.37. The van der Waals surface area contributed by atoms with Crippen LogP contribution in [-0.2, 0) is 14.3 Å². The number of hydrogen-bond acceptors (Lipinski definition) is 5. The van der Waals surface area contributed by atoms with Crippen LogP contribution >= 0.6 is 0 Å². The van der Waals surface area contributed by atoms with Crippen molar-refractivity contribution in [1.29, 1.82) is 0 Å². The summed E-state index contributed by atoms with van der Waals surface area (Å²) in [6.07, 6.45) is 2.39. The van der Waals surface area contributed by atoms with Crippen LogP contribution in [0.4, 0.5) is 24.5 Å². The van der Waals surface area contributed by atoms with E-state index in [0.29, 0.717) is 18.8 Å². The second-order valence-electron chi connectivity index (χ2n) is 9.65. The molecule has 0 bridgehead atoms. The Kier molecular flexibility index (Phi) is 7.81. The molecule has 34 heavy (non-hydrogen) atoms. The van der Waals surface area contributed by atoms with Crippen molar-refractivity contribution in [3.8, 4) is 12.3 Å². The van der Waals surface area contributed by atoms with E-state index in [1.807, 2.05) is 4.90 Å². The number of terminal acetylenes is 1. The molecule has 0 atom stereocenters. The number of piperidine rings is 1. The van der Waals surface area contributed by atoms with Crippen molar-refractivity contribution in [3.05, 3.63) is 23.8 Å². The third-order valence-electron chi connectivity index (χ3n) is 5.97. The molecule has 3 rings (SSSR count). The molecule has 6 nitrogen and oxygen atoms in total. The third kappa shape index (κ3) is 6.23. The predicted octanol–water partition coefficient (Wildman–Crippen LogP) is 4.57. The van der Waals surface area contributed by atoms with E-state index in [4.69, 9.17) is 15.9 Å². The zero-order valence-electron chi connectivity index (χ0n) is 19.8. The van der Waals surface area contributed by atoms with Gasteiger partial charge in [0.1, 0.15) is 5.60 Å². The van der Waals surface area contributed by atoms with E-state index in [0.717, 1.165) is 17.7 Å². The second-order valence-corrected chi connectivity index (χ2v) is 9.65. The molecule has 186 valence electrons. The van der Waals surface area contributed by atoms with Gasteiger partial charge in [0.15, 0.2) is 0 Å². The van der Waals surface area contributed by atoms with Crippen LogP contribution in [0.25, 0.3) is 0 Å². The van der Waals surface area contributed by atoms with Gasteiger partial charge in [-0.05, 0) is 64.7 Å². The summed E-state index contributed by atoms with van der Waals surface area (Å²) in [4.78, 5) is 28.4. The fourth-order valence-corrected chi connectivity index (χ4v) is 4.28. The molecule has 2 heterocycles. The molecule has 0 saturated carbocycles. The number of hydrogen-bond donors (Lipinski definition) is 0. The number of nitrogens with zero attached hydrogens (tertiary/aromatic N) is 2. The summed E-state index contributed by atoms with van der Waals surface area (Å²) < 4.78 is 51.9. The fraction of sp³-hybridized carbons (Fsp3) is 0.600. The summed E-state index contributed by atoms with van der Waals surface area (Å²) in [5.74, 6) is 0.111. The quantitative estimate of drug-likeness (QED) is 0.467. The van der Waals surface area contributed by atoms with Gasteiger partial charge in [0.25, 0.3) is 0 Å². The highest BCUT2D eigenvalue weighted by molar-refractivity contribution is 6.05. The van der Waals surface area contributed by atoms with Gasteiger partial charge >= 0.3 is 18.1 Å². The van der Waals surface area contributed by atoms with E-state index in [2.05, 4.69) is 5.92 Å². The number of carbonyl (C=O) groups excluding carboxylic acids is 2. The van der Waals surface area contributed by atoms with Crippen molar-refractivity contribution in [2.45, 2.75) is 64.3 Å². The molecule has 2 aliphatic rings. The number of halogens is 3. The molecule has 2 saturated heterocycles. The van der Waals surface area contributed by atoms with E-state index in [9.17, 15) is 22.8 Å². The van der Waals surface area contributed by atoms with Crippen LogP contribution in [0.1, 0.15) is 56.8 Å². The van der Waals surface area contributed by atoms with Gasteiger partial charge in [0, 0.05) is 44.0 Å². The molecule has 1 aromatic rings. The Bertz CT molecular complexity index is 935. The lowest BCUT2D eigenvalue weighted by Crippen LogP contribution is -2.50. The number of benzene rings is 1. The van der Waals surface area contributed by atoms with Crippen molar-refractivity contribution in [3.63, 3.8) is 0 Å². The van der Waals surface area contributed by atoms with Gasteiger partial charge in [-0.15, -0.1) is 12.3 Å². The lowest BCUT2D eigenvalue weighted by atomic mass is 9.97. The summed E-state index contributed by atoms with van der Waals surface area (Å²) in [5, 5.41) is 0. The molecule has 0 N–H and O–H groups in total. The summed E-state index contributed by atoms with van der Waals surface area (Å²) >= 11 is 0. The van der Waals surface area contributed by atoms with Crippen molar-refractivity contribution in [2.24, 2.45) is 5.92 Å². The topological polar surface area (TPSA) is 59.1 Å². The van der Waals surface area contributed by atoms with E-state index in [1.54, 1.807) is 26.8 Å². The maximum atomic E-state index is 13.7. The number of amides is 1. The van der Waals surface area contributed by atoms with Gasteiger partial charge < -0.3 is 19.3 Å². The molecule has 0 radical (unpaired) electrons. The van der Waals surface area contributed by atoms with Gasteiger partial charge in [-0.1, -0.05) is 0 Å². The minimum atomic E-state index is -5.11. The maximum Gasteiger partial charge on any atom is 0.471 e. The van der Waals surface area contributed by atoms with E-state index < -0.39 is 29.7 Å². The Balaban J connectivity index is 2.08. The Morgan fingerprint density at radius 2 is 1.74 bits per heavy atom. The average molecular weight is 481 g/mol. The third-order valence-corrected chi connectivity index (χ3v) is 5.97. The van der Waals surface area contributed by atoms with Gasteiger partial charge in [-0.25, -0.2) is 4.79 Å². The monoisotopic (exact) mass is 480 g/mol. The first-order valence-corrected chi connectivity index (χ1v) is 11.5. The maximum absolute atomic E-state index is 13.7. The number of rotatable bonds is 4. The normalized spacial score (nSPS) is 18.3. The van der Waals surface area contributed by atoms with Crippen LogP contribution in [0.2, 0.25) is 0 Å². The summed E-state index contributed by atoms with van der Waals surface area (Å²) in [7, 11) is 0. The van der Waals surface area contributed by atoms with Crippen LogP contribution in [0.3, 0.4) is 0 Å². The number of esters is 1. The minimum absolute atomic E-state index is 0.0822. The largest absolute Gasteiger partial charge is 0.471 e. The van der Waals surface area contributed by atoms with Gasteiger partial charge in [0.2, 0.25) is 0 Å². The Morgan fingerprint density at radius 3 is 2.26 bits per heavy atom. The number of ether oxygens (including phenoxy) is 2. The first kappa shape index (κ1) is 25.9. The predicted molar refractivity (Wildman–Crippen MR) is 123 cm³/mol. The minimum Gasteiger partial charge on any atom is -0.456 e. The van der Waals surface area contributed by atoms with Crippen molar-refractivity contribution in [1.82, 2.24) is 0 Å². The number of carbonyl (C=O) groups is 2. The van der Waals surface area contributed by atoms with Crippen LogP contribution in [0.5, 0.6) is 0 Å². The van der Waals surface area contributed by atoms with Gasteiger partial charge in [-0.2, -0.15) is 13.2 Å². The Labute approximate surface area is 198 Å². The Morgan fingerprint density at radius 1 is 1.12 bits per heavy atom. The highest BCUT2D eigenvalue weighted by Crippen LogP contribution is 2.36. The fourth-order valence-electron chi connectivity index (χ4n) is 4.28. The van der Waals surface area contributed by atoms with Crippen LogP contribution in [-0.4, -0.2) is 56.0 Å². The van der Waals surface area contributed by atoms with Crippen molar-refractivity contribution >= 4 is 23.3 Å². The molecule has 2 aliphatic heterocycles. The molecule has 0 spiro atoms. The van der Waals surface area contributed by atoms with E-state index >= 15 is 0 Å². The van der Waals surface area contributed by atoms with Crippen LogP contribution in [0, 0.1) is 18.3 Å². The SMILES string of the molecule is C#CC1CCN(c2ccc(C(=O)OC(C)(C)C)c(N(C(=O)C(F)(F)F)C3CCOCC3)c2)CC1. The van der Waals surface area contributed by atoms with E-state index in [1.165, 1.54) is 12.1 Å². The van der Waals surface area contributed by atoms with Gasteiger partial charge in [-0.3, -0.25) is 4.79 Å². The average Bonchev–Trinajstić information content (AvgIpc) is 2.78. The van der Waals surface area contributed by atoms with Crippen molar-refractivity contribution in [2.75, 3.05) is 36.1 Å². The second kappa shape index (κ2) is 10.3. The van der Waals surface area contributed by atoms with E-state index in [-0.39, 0.29) is 43.2 Å². The first-order chi connectivity index (χ1) is 15.9. The first-order valence-electron chi connectivity index (χ1n) is 11.5.